The van der Waals surface area contributed by atoms with Crippen LogP contribution < -0.4 is 21.9 Å². The largest absolute Gasteiger partial charge is 0.195 e. The minimum atomic E-state index is -1.50. The van der Waals surface area contributed by atoms with Crippen LogP contribution in [0.4, 0.5) is 0 Å². The van der Waals surface area contributed by atoms with Crippen LogP contribution in [0.15, 0.2) is 188 Å². The molecule has 7 rings (SSSR count). The van der Waals surface area contributed by atoms with Gasteiger partial charge in [-0.05, 0) is 40.3 Å². The molecule has 0 heterocycles. The predicted octanol–water partition coefficient (Wildman–Crippen LogP) is 8.37. The van der Waals surface area contributed by atoms with Crippen molar-refractivity contribution in [2.24, 2.45) is 0 Å². The highest BCUT2D eigenvalue weighted by Gasteiger charge is 2.32. The number of hydrogen-bond acceptors (Lipinski definition) is 0. The van der Waals surface area contributed by atoms with E-state index >= 15 is 0 Å². The van der Waals surface area contributed by atoms with Crippen LogP contribution in [0.1, 0.15) is 5.56 Å². The fraction of sp³-hybridized carbons (Fsp3) is 0.0233. The molecular formula is C43H34B-. The van der Waals surface area contributed by atoms with Gasteiger partial charge in [0.05, 0.1) is 0 Å². The van der Waals surface area contributed by atoms with E-state index in [1.54, 1.807) is 0 Å². The van der Waals surface area contributed by atoms with Gasteiger partial charge < -0.3 is 0 Å². The maximum atomic E-state index is 2.35. The van der Waals surface area contributed by atoms with Gasteiger partial charge in [-0.25, -0.2) is 0 Å². The topological polar surface area (TPSA) is 0 Å². The smallest absolute Gasteiger partial charge is 0.108 e. The van der Waals surface area contributed by atoms with Crippen molar-refractivity contribution in [3.8, 4) is 33.4 Å². The Hall–Kier alpha value is -5.40. The Morgan fingerprint density at radius 1 is 0.250 bits per heavy atom. The Bertz CT molecular complexity index is 1740. The van der Waals surface area contributed by atoms with Gasteiger partial charge in [0.1, 0.15) is 6.15 Å². The summed E-state index contributed by atoms with van der Waals surface area (Å²) in [6.07, 6.45) is -1.50. The zero-order valence-corrected chi connectivity index (χ0v) is 25.0. The van der Waals surface area contributed by atoms with Crippen molar-refractivity contribution < 1.29 is 0 Å². The lowest BCUT2D eigenvalue weighted by molar-refractivity contribution is 1.48. The highest BCUT2D eigenvalue weighted by molar-refractivity contribution is 7.19. The Labute approximate surface area is 261 Å². The quantitative estimate of drug-likeness (QED) is 0.172. The molecule has 0 aliphatic heterocycles. The van der Waals surface area contributed by atoms with Crippen LogP contribution in [0.3, 0.4) is 0 Å². The lowest BCUT2D eigenvalue weighted by Crippen LogP contribution is -2.74. The van der Waals surface area contributed by atoms with Gasteiger partial charge in [-0.2, -0.15) is 21.9 Å². The second-order valence-corrected chi connectivity index (χ2v) is 11.7. The maximum Gasteiger partial charge on any atom is 0.108 e. The molecule has 0 aliphatic rings. The summed E-state index contributed by atoms with van der Waals surface area (Å²) < 4.78 is 0. The zero-order chi connectivity index (χ0) is 29.8. The number of aryl methyl sites for hydroxylation is 1. The third kappa shape index (κ3) is 5.18. The average Bonchev–Trinajstić information content (AvgIpc) is 3.11. The molecule has 0 amide bonds. The minimum Gasteiger partial charge on any atom is -0.195 e. The molecular weight excluding hydrogens is 527 g/mol. The summed E-state index contributed by atoms with van der Waals surface area (Å²) in [4.78, 5) is 0. The van der Waals surface area contributed by atoms with E-state index in [0.717, 1.165) is 0 Å². The molecule has 0 aromatic heterocycles. The van der Waals surface area contributed by atoms with E-state index in [-0.39, 0.29) is 0 Å². The molecule has 0 saturated carbocycles. The molecule has 0 spiro atoms. The molecule has 0 fully saturated rings. The molecule has 7 aromatic rings. The zero-order valence-electron chi connectivity index (χ0n) is 25.0. The Morgan fingerprint density at radius 2 is 0.477 bits per heavy atom. The highest BCUT2D eigenvalue weighted by atomic mass is 14.1. The number of benzene rings is 7. The average molecular weight is 562 g/mol. The van der Waals surface area contributed by atoms with Crippen molar-refractivity contribution in [3.63, 3.8) is 0 Å². The molecule has 210 valence electrons. The highest BCUT2D eigenvalue weighted by Crippen LogP contribution is 2.23. The summed E-state index contributed by atoms with van der Waals surface area (Å²) in [6.45, 7) is 2.16. The summed E-state index contributed by atoms with van der Waals surface area (Å²) in [5.74, 6) is 0. The summed E-state index contributed by atoms with van der Waals surface area (Å²) in [6, 6.07) is 68.8. The third-order valence-corrected chi connectivity index (χ3v) is 9.13. The minimum absolute atomic E-state index is 1.22. The van der Waals surface area contributed by atoms with Crippen molar-refractivity contribution in [1.82, 2.24) is 0 Å². The first-order valence-corrected chi connectivity index (χ1v) is 15.4. The Balaban J connectivity index is 1.45. The first-order valence-electron chi connectivity index (χ1n) is 15.4. The van der Waals surface area contributed by atoms with Crippen molar-refractivity contribution in [1.29, 1.82) is 0 Å². The van der Waals surface area contributed by atoms with Crippen LogP contribution in [0.5, 0.6) is 0 Å². The van der Waals surface area contributed by atoms with Crippen LogP contribution >= 0.6 is 0 Å². The molecule has 0 saturated heterocycles. The molecule has 0 aliphatic carbocycles. The van der Waals surface area contributed by atoms with Crippen molar-refractivity contribution in [2.45, 2.75) is 6.92 Å². The van der Waals surface area contributed by atoms with E-state index in [1.165, 1.54) is 60.8 Å². The molecule has 7 aromatic carbocycles. The first-order chi connectivity index (χ1) is 21.7. The van der Waals surface area contributed by atoms with Gasteiger partial charge >= 0.3 is 0 Å². The summed E-state index contributed by atoms with van der Waals surface area (Å²) in [5, 5.41) is 0. The van der Waals surface area contributed by atoms with Crippen molar-refractivity contribution in [3.05, 3.63) is 194 Å². The molecule has 0 radical (unpaired) electrons. The van der Waals surface area contributed by atoms with Crippen molar-refractivity contribution >= 4 is 28.0 Å². The van der Waals surface area contributed by atoms with Gasteiger partial charge in [-0.3, -0.25) is 0 Å². The normalized spacial score (nSPS) is 11.3. The fourth-order valence-corrected chi connectivity index (χ4v) is 6.79. The van der Waals surface area contributed by atoms with E-state index in [2.05, 4.69) is 195 Å². The van der Waals surface area contributed by atoms with Gasteiger partial charge in [0, 0.05) is 0 Å². The SMILES string of the molecule is Cc1ccc([B-](c2ccc(-c3ccccc3)cc2)(c2ccc(-c3ccccc3)cc2)c2ccc(-c3ccccc3)cc2)cc1. The van der Waals surface area contributed by atoms with Gasteiger partial charge in [-0.15, -0.1) is 0 Å². The third-order valence-electron chi connectivity index (χ3n) is 9.13. The van der Waals surface area contributed by atoms with Gasteiger partial charge in [0.2, 0.25) is 0 Å². The Morgan fingerprint density at radius 3 is 0.750 bits per heavy atom. The van der Waals surface area contributed by atoms with Crippen LogP contribution in [0, 0.1) is 6.92 Å². The summed E-state index contributed by atoms with van der Waals surface area (Å²) in [5.41, 5.74) is 13.8. The molecule has 0 unspecified atom stereocenters. The molecule has 44 heavy (non-hydrogen) atoms. The first kappa shape index (κ1) is 27.4. The second-order valence-electron chi connectivity index (χ2n) is 11.7. The van der Waals surface area contributed by atoms with E-state index < -0.39 is 6.15 Å². The number of hydrogen-bond donors (Lipinski definition) is 0. The molecule has 0 nitrogen and oxygen atoms in total. The maximum absolute atomic E-state index is 2.35. The monoisotopic (exact) mass is 561 g/mol. The molecule has 0 N–H and O–H groups in total. The van der Waals surface area contributed by atoms with Gasteiger partial charge in [-0.1, -0.05) is 194 Å². The van der Waals surface area contributed by atoms with Crippen LogP contribution in [0.2, 0.25) is 0 Å². The standard InChI is InChI=1S/C43H34B/c1-33-17-25-40(26-18-33)44(41-27-19-37(20-28-41)34-11-5-2-6-12-34,42-29-21-38(22-30-42)35-13-7-3-8-14-35)43-31-23-39(24-32-43)36-15-9-4-10-16-36/h2-32H,1H3/q-1. The van der Waals surface area contributed by atoms with Crippen LogP contribution in [-0.4, -0.2) is 6.15 Å². The molecule has 1 heteroatoms. The number of rotatable bonds is 7. The Kier molecular flexibility index (Phi) is 7.53. The second kappa shape index (κ2) is 12.1. The lowest BCUT2D eigenvalue weighted by Gasteiger charge is -2.44. The summed E-state index contributed by atoms with van der Waals surface area (Å²) >= 11 is 0. The fourth-order valence-electron chi connectivity index (χ4n) is 6.79. The van der Waals surface area contributed by atoms with Crippen molar-refractivity contribution in [2.75, 3.05) is 0 Å². The summed E-state index contributed by atoms with van der Waals surface area (Å²) in [7, 11) is 0. The van der Waals surface area contributed by atoms with Crippen LogP contribution in [0.25, 0.3) is 33.4 Å². The van der Waals surface area contributed by atoms with E-state index in [9.17, 15) is 0 Å². The van der Waals surface area contributed by atoms with Gasteiger partial charge in [0.15, 0.2) is 0 Å². The lowest BCUT2D eigenvalue weighted by atomic mass is 9.13. The van der Waals surface area contributed by atoms with Crippen LogP contribution in [-0.2, 0) is 0 Å². The predicted molar refractivity (Wildman–Crippen MR) is 191 cm³/mol. The van der Waals surface area contributed by atoms with E-state index in [4.69, 9.17) is 0 Å². The molecule has 0 bridgehead atoms. The van der Waals surface area contributed by atoms with E-state index in [1.807, 2.05) is 0 Å². The molecule has 0 atom stereocenters. The van der Waals surface area contributed by atoms with E-state index in [0.29, 0.717) is 0 Å². The van der Waals surface area contributed by atoms with Gasteiger partial charge in [0.25, 0.3) is 0 Å².